The fraction of sp³-hybridized carbons (Fsp3) is 0.308. The van der Waals surface area contributed by atoms with Gasteiger partial charge in [0.25, 0.3) is 5.91 Å². The summed E-state index contributed by atoms with van der Waals surface area (Å²) < 4.78 is 5.41. The van der Waals surface area contributed by atoms with Crippen molar-refractivity contribution in [2.24, 2.45) is 0 Å². The second-order valence-corrected chi connectivity index (χ2v) is 5.28. The SMILES string of the molecule is C[NH+](C)[C@H](CNC(=O)c1cccs1)c1ccco1. The molecule has 0 aliphatic rings. The Morgan fingerprint density at radius 1 is 1.44 bits per heavy atom. The van der Waals surface area contributed by atoms with Gasteiger partial charge in [-0.25, -0.2) is 0 Å². The molecule has 0 saturated heterocycles. The van der Waals surface area contributed by atoms with Crippen molar-refractivity contribution in [3.63, 3.8) is 0 Å². The van der Waals surface area contributed by atoms with Crippen molar-refractivity contribution in [3.05, 3.63) is 46.5 Å². The Bertz CT molecular complexity index is 477. The third-order valence-electron chi connectivity index (χ3n) is 2.80. The van der Waals surface area contributed by atoms with Gasteiger partial charge in [0.05, 0.1) is 31.8 Å². The van der Waals surface area contributed by atoms with Crippen LogP contribution >= 0.6 is 11.3 Å². The van der Waals surface area contributed by atoms with Crippen LogP contribution in [0.2, 0.25) is 0 Å². The van der Waals surface area contributed by atoms with Gasteiger partial charge < -0.3 is 14.6 Å². The minimum Gasteiger partial charge on any atom is -0.463 e. The minimum absolute atomic E-state index is 0.0252. The maximum atomic E-state index is 11.9. The molecule has 1 atom stereocenters. The van der Waals surface area contributed by atoms with Crippen LogP contribution in [0.4, 0.5) is 0 Å². The lowest BCUT2D eigenvalue weighted by atomic mass is 10.2. The Labute approximate surface area is 110 Å². The largest absolute Gasteiger partial charge is 0.463 e. The number of likely N-dealkylation sites (N-methyl/N-ethyl adjacent to an activating group) is 1. The summed E-state index contributed by atoms with van der Waals surface area (Å²) in [5, 5.41) is 4.84. The molecule has 0 radical (unpaired) electrons. The van der Waals surface area contributed by atoms with Crippen molar-refractivity contribution in [1.29, 1.82) is 0 Å². The number of quaternary nitrogens is 1. The molecular weight excluding hydrogens is 248 g/mol. The van der Waals surface area contributed by atoms with E-state index in [0.29, 0.717) is 6.54 Å². The van der Waals surface area contributed by atoms with Crippen LogP contribution in [0.25, 0.3) is 0 Å². The van der Waals surface area contributed by atoms with Crippen molar-refractivity contribution < 1.29 is 14.1 Å². The molecule has 4 nitrogen and oxygen atoms in total. The molecule has 0 bridgehead atoms. The summed E-state index contributed by atoms with van der Waals surface area (Å²) in [5.41, 5.74) is 0. The molecule has 0 unspecified atom stereocenters. The van der Waals surface area contributed by atoms with Crippen molar-refractivity contribution >= 4 is 17.2 Å². The third-order valence-corrected chi connectivity index (χ3v) is 3.66. The summed E-state index contributed by atoms with van der Waals surface area (Å²) in [5.74, 6) is 0.865. The van der Waals surface area contributed by atoms with Crippen LogP contribution in [0.15, 0.2) is 40.3 Å². The average Bonchev–Trinajstić information content (AvgIpc) is 3.01. The predicted molar refractivity (Wildman–Crippen MR) is 70.9 cm³/mol. The molecule has 2 aromatic heterocycles. The molecule has 1 amide bonds. The van der Waals surface area contributed by atoms with Gasteiger partial charge in [0.15, 0.2) is 11.8 Å². The monoisotopic (exact) mass is 265 g/mol. The van der Waals surface area contributed by atoms with E-state index >= 15 is 0 Å². The van der Waals surface area contributed by atoms with E-state index in [-0.39, 0.29) is 11.9 Å². The number of hydrogen-bond donors (Lipinski definition) is 2. The van der Waals surface area contributed by atoms with Crippen LogP contribution in [0.5, 0.6) is 0 Å². The highest BCUT2D eigenvalue weighted by atomic mass is 32.1. The molecule has 18 heavy (non-hydrogen) atoms. The van der Waals surface area contributed by atoms with E-state index < -0.39 is 0 Å². The molecule has 0 aromatic carbocycles. The first-order valence-electron chi connectivity index (χ1n) is 5.83. The third kappa shape index (κ3) is 3.00. The van der Waals surface area contributed by atoms with E-state index in [4.69, 9.17) is 4.42 Å². The molecule has 96 valence electrons. The van der Waals surface area contributed by atoms with Gasteiger partial charge in [0.2, 0.25) is 0 Å². The highest BCUT2D eigenvalue weighted by Crippen LogP contribution is 2.11. The molecule has 5 heteroatoms. The van der Waals surface area contributed by atoms with Crippen molar-refractivity contribution in [2.45, 2.75) is 6.04 Å². The van der Waals surface area contributed by atoms with Crippen molar-refractivity contribution in [2.75, 3.05) is 20.6 Å². The normalized spacial score (nSPS) is 12.6. The Hall–Kier alpha value is -1.59. The number of amides is 1. The summed E-state index contributed by atoms with van der Waals surface area (Å²) in [6, 6.07) is 7.64. The van der Waals surface area contributed by atoms with Gasteiger partial charge in [0, 0.05) is 0 Å². The van der Waals surface area contributed by atoms with Crippen LogP contribution < -0.4 is 10.2 Å². The first-order chi connectivity index (χ1) is 8.68. The molecule has 0 fully saturated rings. The number of furan rings is 1. The molecule has 2 aromatic rings. The maximum Gasteiger partial charge on any atom is 0.261 e. The zero-order valence-electron chi connectivity index (χ0n) is 10.5. The number of thiophene rings is 1. The average molecular weight is 265 g/mol. The molecule has 0 spiro atoms. The van der Waals surface area contributed by atoms with E-state index in [1.165, 1.54) is 16.2 Å². The van der Waals surface area contributed by atoms with Crippen molar-refractivity contribution in [1.82, 2.24) is 5.32 Å². The lowest BCUT2D eigenvalue weighted by molar-refractivity contribution is -0.891. The van der Waals surface area contributed by atoms with Crippen LogP contribution in [0.1, 0.15) is 21.5 Å². The quantitative estimate of drug-likeness (QED) is 0.846. The fourth-order valence-corrected chi connectivity index (χ4v) is 2.41. The molecule has 0 aliphatic carbocycles. The Balaban J connectivity index is 1.97. The number of carbonyl (C=O) groups is 1. The van der Waals surface area contributed by atoms with E-state index in [0.717, 1.165) is 10.6 Å². The first kappa shape index (κ1) is 12.9. The second-order valence-electron chi connectivity index (χ2n) is 4.33. The lowest BCUT2D eigenvalue weighted by Gasteiger charge is -2.19. The number of rotatable bonds is 5. The highest BCUT2D eigenvalue weighted by Gasteiger charge is 2.21. The summed E-state index contributed by atoms with van der Waals surface area (Å²) in [6.07, 6.45) is 1.66. The number of carbonyl (C=O) groups excluding carboxylic acids is 1. The molecule has 0 aliphatic heterocycles. The molecule has 2 N–H and O–H groups in total. The Morgan fingerprint density at radius 3 is 2.83 bits per heavy atom. The van der Waals surface area contributed by atoms with Crippen LogP contribution in [0.3, 0.4) is 0 Å². The molecular formula is C13H17N2O2S+. The van der Waals surface area contributed by atoms with E-state index in [9.17, 15) is 4.79 Å². The second kappa shape index (κ2) is 5.84. The van der Waals surface area contributed by atoms with Gasteiger partial charge in [-0.1, -0.05) is 6.07 Å². The van der Waals surface area contributed by atoms with Crippen LogP contribution in [-0.4, -0.2) is 26.5 Å². The van der Waals surface area contributed by atoms with Crippen LogP contribution in [-0.2, 0) is 0 Å². The Kier molecular flexibility index (Phi) is 4.17. The van der Waals surface area contributed by atoms with E-state index in [1.807, 2.05) is 43.7 Å². The van der Waals surface area contributed by atoms with Crippen LogP contribution in [0, 0.1) is 0 Å². The minimum atomic E-state index is -0.0252. The van der Waals surface area contributed by atoms with Gasteiger partial charge in [-0.05, 0) is 23.6 Å². The predicted octanol–water partition coefficient (Wildman–Crippen LogP) is 0.957. The standard InChI is InChI=1S/C13H16N2O2S/c1-15(2)10(11-5-3-7-17-11)9-14-13(16)12-6-4-8-18-12/h3-8,10H,9H2,1-2H3,(H,14,16)/p+1/t10-/m1/s1. The highest BCUT2D eigenvalue weighted by molar-refractivity contribution is 7.12. The lowest BCUT2D eigenvalue weighted by Crippen LogP contribution is -3.07. The van der Waals surface area contributed by atoms with Gasteiger partial charge in [-0.15, -0.1) is 11.3 Å². The summed E-state index contributed by atoms with van der Waals surface area (Å²) in [7, 11) is 4.09. The van der Waals surface area contributed by atoms with Gasteiger partial charge in [-0.2, -0.15) is 0 Å². The summed E-state index contributed by atoms with van der Waals surface area (Å²) in [4.78, 5) is 13.8. The van der Waals surface area contributed by atoms with Crippen molar-refractivity contribution in [3.8, 4) is 0 Å². The molecule has 0 saturated carbocycles. The zero-order valence-corrected chi connectivity index (χ0v) is 11.3. The summed E-state index contributed by atoms with van der Waals surface area (Å²) in [6.45, 7) is 0.562. The zero-order chi connectivity index (χ0) is 13.0. The van der Waals surface area contributed by atoms with E-state index in [1.54, 1.807) is 6.26 Å². The smallest absolute Gasteiger partial charge is 0.261 e. The molecule has 2 heterocycles. The van der Waals surface area contributed by atoms with Gasteiger partial charge >= 0.3 is 0 Å². The Morgan fingerprint density at radius 2 is 2.28 bits per heavy atom. The number of nitrogens with one attached hydrogen (secondary N) is 2. The molecule has 2 rings (SSSR count). The topological polar surface area (TPSA) is 46.7 Å². The van der Waals surface area contributed by atoms with Gasteiger partial charge in [-0.3, -0.25) is 4.79 Å². The van der Waals surface area contributed by atoms with E-state index in [2.05, 4.69) is 5.32 Å². The first-order valence-corrected chi connectivity index (χ1v) is 6.71. The van der Waals surface area contributed by atoms with Gasteiger partial charge in [0.1, 0.15) is 0 Å². The number of hydrogen-bond acceptors (Lipinski definition) is 3. The maximum absolute atomic E-state index is 11.9. The fourth-order valence-electron chi connectivity index (χ4n) is 1.77. The summed E-state index contributed by atoms with van der Waals surface area (Å²) >= 11 is 1.45.